The third-order valence-electron chi connectivity index (χ3n) is 3.23. The number of fused-ring (bicyclic) bond motifs is 1. The number of nitrogens with zero attached hydrogens (tertiary/aromatic N) is 2. The first-order chi connectivity index (χ1) is 9.74. The number of thiazole rings is 1. The molecule has 1 heterocycles. The highest BCUT2D eigenvalue weighted by Crippen LogP contribution is 2.17. The Bertz CT molecular complexity index is 737. The van der Waals surface area contributed by atoms with Gasteiger partial charge >= 0.3 is 0 Å². The Morgan fingerprint density at radius 2 is 2.00 bits per heavy atom. The summed E-state index contributed by atoms with van der Waals surface area (Å²) in [6.07, 6.45) is 0. The van der Waals surface area contributed by atoms with Gasteiger partial charge in [0.25, 0.3) is 5.91 Å². The van der Waals surface area contributed by atoms with E-state index in [9.17, 15) is 4.79 Å². The van der Waals surface area contributed by atoms with E-state index in [-0.39, 0.29) is 5.91 Å². The molecule has 0 aliphatic carbocycles. The number of hydrogen-bond acceptors (Lipinski definition) is 3. The van der Waals surface area contributed by atoms with Gasteiger partial charge in [0.05, 0.1) is 5.51 Å². The van der Waals surface area contributed by atoms with E-state index in [1.165, 1.54) is 22.1 Å². The lowest BCUT2D eigenvalue weighted by Gasteiger charge is -2.16. The SMILES string of the molecule is CN(Cc1ccc2ccccc2c1)C(=O)c1cscn1. The molecule has 1 amide bonds. The molecule has 100 valence electrons. The Labute approximate surface area is 121 Å². The molecule has 3 nitrogen and oxygen atoms in total. The molecule has 0 aliphatic heterocycles. The molecule has 0 unspecified atom stereocenters. The first kappa shape index (κ1) is 12.8. The van der Waals surface area contributed by atoms with Crippen LogP contribution >= 0.6 is 11.3 Å². The number of carbonyl (C=O) groups excluding carboxylic acids is 1. The molecular weight excluding hydrogens is 268 g/mol. The van der Waals surface area contributed by atoms with Gasteiger partial charge in [-0.3, -0.25) is 4.79 Å². The molecule has 2 aromatic carbocycles. The summed E-state index contributed by atoms with van der Waals surface area (Å²) in [6, 6.07) is 14.5. The Morgan fingerprint density at radius 3 is 2.75 bits per heavy atom. The summed E-state index contributed by atoms with van der Waals surface area (Å²) in [7, 11) is 1.80. The van der Waals surface area contributed by atoms with Crippen molar-refractivity contribution in [2.24, 2.45) is 0 Å². The first-order valence-electron chi connectivity index (χ1n) is 6.35. The number of rotatable bonds is 3. The lowest BCUT2D eigenvalue weighted by atomic mass is 10.1. The molecule has 4 heteroatoms. The van der Waals surface area contributed by atoms with E-state index in [0.29, 0.717) is 12.2 Å². The van der Waals surface area contributed by atoms with E-state index in [0.717, 1.165) is 5.56 Å². The molecule has 0 atom stereocenters. The van der Waals surface area contributed by atoms with Gasteiger partial charge in [-0.25, -0.2) is 4.98 Å². The van der Waals surface area contributed by atoms with Crippen molar-refractivity contribution in [3.05, 3.63) is 64.6 Å². The van der Waals surface area contributed by atoms with Crippen LogP contribution in [0.15, 0.2) is 53.4 Å². The Kier molecular flexibility index (Phi) is 3.48. The topological polar surface area (TPSA) is 33.2 Å². The van der Waals surface area contributed by atoms with Crippen molar-refractivity contribution in [2.75, 3.05) is 7.05 Å². The van der Waals surface area contributed by atoms with Crippen LogP contribution in [-0.4, -0.2) is 22.8 Å². The monoisotopic (exact) mass is 282 g/mol. The summed E-state index contributed by atoms with van der Waals surface area (Å²) in [6.45, 7) is 0.585. The minimum atomic E-state index is -0.0422. The highest BCUT2D eigenvalue weighted by Gasteiger charge is 2.13. The first-order valence-corrected chi connectivity index (χ1v) is 7.29. The van der Waals surface area contributed by atoms with Crippen molar-refractivity contribution in [3.63, 3.8) is 0 Å². The number of benzene rings is 2. The molecule has 0 saturated carbocycles. The molecule has 20 heavy (non-hydrogen) atoms. The van der Waals surface area contributed by atoms with Crippen molar-refractivity contribution < 1.29 is 4.79 Å². The van der Waals surface area contributed by atoms with E-state index in [1.54, 1.807) is 22.8 Å². The zero-order valence-corrected chi connectivity index (χ0v) is 11.9. The second-order valence-corrected chi connectivity index (χ2v) is 5.44. The molecule has 0 N–H and O–H groups in total. The second-order valence-electron chi connectivity index (χ2n) is 4.72. The average Bonchev–Trinajstić information content (AvgIpc) is 3.00. The van der Waals surface area contributed by atoms with Crippen LogP contribution in [0.4, 0.5) is 0 Å². The third-order valence-corrected chi connectivity index (χ3v) is 3.82. The predicted octanol–water partition coefficient (Wildman–Crippen LogP) is 3.57. The third kappa shape index (κ3) is 2.56. The fourth-order valence-electron chi connectivity index (χ4n) is 2.20. The van der Waals surface area contributed by atoms with Gasteiger partial charge in [0, 0.05) is 19.0 Å². The van der Waals surface area contributed by atoms with E-state index in [4.69, 9.17) is 0 Å². The maximum absolute atomic E-state index is 12.1. The number of amides is 1. The largest absolute Gasteiger partial charge is 0.336 e. The summed E-state index contributed by atoms with van der Waals surface area (Å²) < 4.78 is 0. The van der Waals surface area contributed by atoms with Crippen LogP contribution in [0.3, 0.4) is 0 Å². The Morgan fingerprint density at radius 1 is 1.20 bits per heavy atom. The predicted molar refractivity (Wildman–Crippen MR) is 81.9 cm³/mol. The molecule has 3 aromatic rings. The standard InChI is InChI=1S/C16H14N2OS/c1-18(16(19)15-10-20-11-17-15)9-12-6-7-13-4-2-3-5-14(13)8-12/h2-8,10-11H,9H2,1H3. The molecule has 0 spiro atoms. The average molecular weight is 282 g/mol. The zero-order valence-electron chi connectivity index (χ0n) is 11.1. The van der Waals surface area contributed by atoms with Crippen LogP contribution in [0.5, 0.6) is 0 Å². The summed E-state index contributed by atoms with van der Waals surface area (Å²) >= 11 is 1.43. The van der Waals surface area contributed by atoms with Gasteiger partial charge in [0.15, 0.2) is 0 Å². The highest BCUT2D eigenvalue weighted by atomic mass is 32.1. The molecule has 1 aromatic heterocycles. The van der Waals surface area contributed by atoms with Crippen molar-refractivity contribution in [1.29, 1.82) is 0 Å². The lowest BCUT2D eigenvalue weighted by Crippen LogP contribution is -2.26. The van der Waals surface area contributed by atoms with Crippen LogP contribution in [0.1, 0.15) is 16.1 Å². The Hall–Kier alpha value is -2.20. The van der Waals surface area contributed by atoms with Gasteiger partial charge in [-0.05, 0) is 22.4 Å². The number of aromatic nitrogens is 1. The van der Waals surface area contributed by atoms with Crippen LogP contribution in [0.2, 0.25) is 0 Å². The maximum atomic E-state index is 12.1. The summed E-state index contributed by atoms with van der Waals surface area (Å²) in [4.78, 5) is 17.9. The molecule has 0 aliphatic rings. The lowest BCUT2D eigenvalue weighted by molar-refractivity contribution is 0.0780. The van der Waals surface area contributed by atoms with E-state index in [2.05, 4.69) is 35.3 Å². The molecular formula is C16H14N2OS. The Balaban J connectivity index is 1.80. The summed E-state index contributed by atoms with van der Waals surface area (Å²) in [5, 5.41) is 4.18. The van der Waals surface area contributed by atoms with Gasteiger partial charge < -0.3 is 4.90 Å². The van der Waals surface area contributed by atoms with E-state index >= 15 is 0 Å². The van der Waals surface area contributed by atoms with Gasteiger partial charge in [-0.1, -0.05) is 36.4 Å². The molecule has 0 bridgehead atoms. The van der Waals surface area contributed by atoms with Crippen LogP contribution in [-0.2, 0) is 6.54 Å². The molecule has 0 radical (unpaired) electrons. The second kappa shape index (κ2) is 5.43. The van der Waals surface area contributed by atoms with Crippen molar-refractivity contribution in [2.45, 2.75) is 6.54 Å². The fourth-order valence-corrected chi connectivity index (χ4v) is 2.72. The van der Waals surface area contributed by atoms with Gasteiger partial charge in [0.1, 0.15) is 5.69 Å². The number of hydrogen-bond donors (Lipinski definition) is 0. The minimum absolute atomic E-state index is 0.0422. The maximum Gasteiger partial charge on any atom is 0.273 e. The zero-order chi connectivity index (χ0) is 13.9. The minimum Gasteiger partial charge on any atom is -0.336 e. The fraction of sp³-hybridized carbons (Fsp3) is 0.125. The van der Waals surface area contributed by atoms with Crippen molar-refractivity contribution in [1.82, 2.24) is 9.88 Å². The smallest absolute Gasteiger partial charge is 0.273 e. The summed E-state index contributed by atoms with van der Waals surface area (Å²) in [5.74, 6) is -0.0422. The van der Waals surface area contributed by atoms with E-state index in [1.807, 2.05) is 12.1 Å². The summed E-state index contributed by atoms with van der Waals surface area (Å²) in [5.41, 5.74) is 3.31. The van der Waals surface area contributed by atoms with Gasteiger partial charge in [-0.2, -0.15) is 0 Å². The highest BCUT2D eigenvalue weighted by molar-refractivity contribution is 7.07. The van der Waals surface area contributed by atoms with Crippen LogP contribution in [0.25, 0.3) is 10.8 Å². The number of carbonyl (C=O) groups is 1. The van der Waals surface area contributed by atoms with Crippen molar-refractivity contribution in [3.8, 4) is 0 Å². The quantitative estimate of drug-likeness (QED) is 0.736. The molecule has 0 saturated heterocycles. The molecule has 3 rings (SSSR count). The normalized spacial score (nSPS) is 10.7. The van der Waals surface area contributed by atoms with Crippen molar-refractivity contribution >= 4 is 28.0 Å². The van der Waals surface area contributed by atoms with Gasteiger partial charge in [-0.15, -0.1) is 11.3 Å². The van der Waals surface area contributed by atoms with Gasteiger partial charge in [0.2, 0.25) is 0 Å². The van der Waals surface area contributed by atoms with E-state index < -0.39 is 0 Å². The molecule has 0 fully saturated rings. The van der Waals surface area contributed by atoms with Crippen LogP contribution < -0.4 is 0 Å². The van der Waals surface area contributed by atoms with Crippen LogP contribution in [0, 0.1) is 0 Å².